The van der Waals surface area contributed by atoms with Gasteiger partial charge in [-0.15, -0.1) is 0 Å². The number of esters is 1. The van der Waals surface area contributed by atoms with Gasteiger partial charge in [0.25, 0.3) is 0 Å². The molecular weight excluding hydrogens is 699 g/mol. The highest BCUT2D eigenvalue weighted by atomic mass is 19.1. The van der Waals surface area contributed by atoms with Crippen LogP contribution in [0.5, 0.6) is 0 Å². The number of cyclic esters (lactones) is 1. The Labute approximate surface area is 315 Å². The van der Waals surface area contributed by atoms with E-state index in [2.05, 4.69) is 16.0 Å². The van der Waals surface area contributed by atoms with Crippen molar-refractivity contribution in [2.24, 2.45) is 0 Å². The van der Waals surface area contributed by atoms with Gasteiger partial charge in [0, 0.05) is 26.6 Å². The van der Waals surface area contributed by atoms with Crippen LogP contribution in [0.2, 0.25) is 0 Å². The predicted molar refractivity (Wildman–Crippen MR) is 195 cm³/mol. The molecule has 5 rings (SSSR count). The third kappa shape index (κ3) is 9.09. The van der Waals surface area contributed by atoms with Crippen LogP contribution in [0.15, 0.2) is 36.4 Å². The van der Waals surface area contributed by atoms with Crippen LogP contribution in [0.4, 0.5) is 4.39 Å². The van der Waals surface area contributed by atoms with Crippen LogP contribution >= 0.6 is 0 Å². The van der Waals surface area contributed by atoms with Crippen molar-refractivity contribution in [3.63, 3.8) is 0 Å². The molecule has 4 aliphatic rings. The Morgan fingerprint density at radius 3 is 2.37 bits per heavy atom. The lowest BCUT2D eigenvalue weighted by Crippen LogP contribution is -2.64. The minimum absolute atomic E-state index is 0.115. The molecule has 4 fully saturated rings. The second kappa shape index (κ2) is 18.0. The van der Waals surface area contributed by atoms with E-state index < -0.39 is 89.6 Å². The molecule has 3 aliphatic heterocycles. The van der Waals surface area contributed by atoms with Gasteiger partial charge < -0.3 is 35.4 Å². The van der Waals surface area contributed by atoms with Gasteiger partial charge in [0.1, 0.15) is 48.2 Å². The number of amides is 6. The zero-order valence-corrected chi connectivity index (χ0v) is 31.4. The monoisotopic (exact) mass is 752 g/mol. The molecule has 3 N–H and O–H groups in total. The van der Waals surface area contributed by atoms with Gasteiger partial charge in [-0.05, 0) is 75.6 Å². The number of rotatable bonds is 9. The quantitative estimate of drug-likeness (QED) is 0.195. The summed E-state index contributed by atoms with van der Waals surface area (Å²) in [4.78, 5) is 101. The SMILES string of the molecule is CCCCC=CC(=O)N[C@@H](Cc1cccc(F)c1)C(=O)N[C@H]1COC(=O)[C@@H]2CCCN2C(=O)[C@H](C)NC(=O)C2(CCCC2)N(C)C(=O)[C@@H]2CCCN2C1=O. The fourth-order valence-electron chi connectivity index (χ4n) is 8.06. The third-order valence-corrected chi connectivity index (χ3v) is 11.1. The van der Waals surface area contributed by atoms with Gasteiger partial charge in [-0.1, -0.05) is 50.8 Å². The Balaban J connectivity index is 1.46. The first-order valence-electron chi connectivity index (χ1n) is 19.2. The maximum absolute atomic E-state index is 14.4. The van der Waals surface area contributed by atoms with Crippen LogP contribution in [0.25, 0.3) is 0 Å². The molecule has 294 valence electrons. The number of nitrogens with zero attached hydrogens (tertiary/aromatic N) is 3. The van der Waals surface area contributed by atoms with E-state index in [1.165, 1.54) is 39.0 Å². The summed E-state index contributed by atoms with van der Waals surface area (Å²) in [7, 11) is 1.55. The molecule has 0 bridgehead atoms. The molecule has 3 saturated heterocycles. The van der Waals surface area contributed by atoms with Crippen LogP contribution in [-0.4, -0.2) is 119 Å². The van der Waals surface area contributed by atoms with Gasteiger partial charge in [-0.3, -0.25) is 28.8 Å². The van der Waals surface area contributed by atoms with Gasteiger partial charge in [0.05, 0.1) is 0 Å². The minimum Gasteiger partial charge on any atom is -0.461 e. The van der Waals surface area contributed by atoms with Crippen molar-refractivity contribution in [1.82, 2.24) is 30.7 Å². The first-order chi connectivity index (χ1) is 25.9. The summed E-state index contributed by atoms with van der Waals surface area (Å²) in [6.45, 7) is 3.40. The van der Waals surface area contributed by atoms with E-state index in [0.717, 1.165) is 12.8 Å². The summed E-state index contributed by atoms with van der Waals surface area (Å²) in [5.41, 5.74) is -0.816. The smallest absolute Gasteiger partial charge is 0.328 e. The Morgan fingerprint density at radius 2 is 1.69 bits per heavy atom. The van der Waals surface area contributed by atoms with Crippen LogP contribution in [0, 0.1) is 5.82 Å². The second-order valence-corrected chi connectivity index (χ2v) is 14.8. The van der Waals surface area contributed by atoms with E-state index in [0.29, 0.717) is 63.4 Å². The van der Waals surface area contributed by atoms with Crippen molar-refractivity contribution in [1.29, 1.82) is 0 Å². The van der Waals surface area contributed by atoms with E-state index in [1.54, 1.807) is 26.1 Å². The highest BCUT2D eigenvalue weighted by molar-refractivity contribution is 5.99. The van der Waals surface area contributed by atoms with E-state index in [-0.39, 0.29) is 19.5 Å². The summed E-state index contributed by atoms with van der Waals surface area (Å²) in [5.74, 6) is -4.71. The number of hydrogen-bond donors (Lipinski definition) is 3. The lowest BCUT2D eigenvalue weighted by Gasteiger charge is -2.41. The van der Waals surface area contributed by atoms with E-state index in [1.807, 2.05) is 6.92 Å². The van der Waals surface area contributed by atoms with Crippen molar-refractivity contribution in [2.45, 2.75) is 127 Å². The maximum Gasteiger partial charge on any atom is 0.328 e. The zero-order chi connectivity index (χ0) is 39.0. The number of unbranched alkanes of at least 4 members (excludes halogenated alkanes) is 2. The van der Waals surface area contributed by atoms with Gasteiger partial charge >= 0.3 is 5.97 Å². The number of halogens is 1. The molecule has 6 amide bonds. The first-order valence-corrected chi connectivity index (χ1v) is 19.2. The molecule has 15 heteroatoms. The van der Waals surface area contributed by atoms with Crippen molar-refractivity contribution >= 4 is 41.4 Å². The molecule has 0 radical (unpaired) electrons. The third-order valence-electron chi connectivity index (χ3n) is 11.1. The predicted octanol–water partition coefficient (Wildman–Crippen LogP) is 1.90. The number of benzene rings is 1. The summed E-state index contributed by atoms with van der Waals surface area (Å²) in [6, 6.07) is -0.0674. The Morgan fingerprint density at radius 1 is 1.00 bits per heavy atom. The molecular formula is C39H53FN6O8. The topological polar surface area (TPSA) is 175 Å². The normalized spacial score (nSPS) is 25.8. The van der Waals surface area contributed by atoms with Crippen molar-refractivity contribution in [3.05, 3.63) is 47.8 Å². The maximum atomic E-state index is 14.4. The molecule has 1 aromatic carbocycles. The first kappa shape index (κ1) is 40.4. The summed E-state index contributed by atoms with van der Waals surface area (Å²) in [5, 5.41) is 8.16. The largest absolute Gasteiger partial charge is 0.461 e. The van der Waals surface area contributed by atoms with E-state index in [4.69, 9.17) is 4.74 Å². The molecule has 5 atom stereocenters. The number of hydrogen-bond acceptors (Lipinski definition) is 8. The van der Waals surface area contributed by atoms with Crippen LogP contribution in [0.1, 0.15) is 90.0 Å². The Bertz CT molecular complexity index is 1630. The van der Waals surface area contributed by atoms with Crippen LogP contribution in [-0.2, 0) is 44.7 Å². The molecule has 1 spiro atoms. The van der Waals surface area contributed by atoms with Crippen LogP contribution < -0.4 is 16.0 Å². The van der Waals surface area contributed by atoms with Gasteiger partial charge in [0.2, 0.25) is 35.4 Å². The molecule has 0 aromatic heterocycles. The zero-order valence-electron chi connectivity index (χ0n) is 31.4. The number of fused-ring (bicyclic) bond motifs is 2. The average Bonchev–Trinajstić information content (AvgIpc) is 3.95. The number of carbonyl (C=O) groups excluding carboxylic acids is 7. The fraction of sp³-hybridized carbons (Fsp3) is 0.615. The average molecular weight is 753 g/mol. The van der Waals surface area contributed by atoms with Gasteiger partial charge in [0.15, 0.2) is 0 Å². The number of likely N-dealkylation sites (N-methyl/N-ethyl adjacent to an activating group) is 1. The standard InChI is InChI=1S/C39H53FN6O8/c1-4-5-6-7-17-32(47)42-28(23-26-13-10-14-27(40)22-26)33(48)43-29-24-54-37(52)31-16-12-21-46(31)34(49)25(2)41-38(53)39(18-8-9-19-39)44(3)36(51)30-15-11-20-45(30)35(29)50/h7,10,13-14,17,22,25,28-31H,4-6,8-9,11-12,15-16,18-21,23-24H2,1-3H3,(H,41,53)(H,42,47)(H,43,48)/t25-,28-,29-,30-,31-/m0/s1. The fourth-order valence-corrected chi connectivity index (χ4v) is 8.06. The Hall–Kier alpha value is -4.82. The van der Waals surface area contributed by atoms with Gasteiger partial charge in [-0.25, -0.2) is 9.18 Å². The molecule has 14 nitrogen and oxygen atoms in total. The number of carbonyl (C=O) groups is 7. The molecule has 3 heterocycles. The number of ether oxygens (including phenoxy) is 1. The lowest BCUT2D eigenvalue weighted by molar-refractivity contribution is -0.159. The van der Waals surface area contributed by atoms with Crippen molar-refractivity contribution in [3.8, 4) is 0 Å². The molecule has 0 unspecified atom stereocenters. The summed E-state index contributed by atoms with van der Waals surface area (Å²) in [6.07, 6.45) is 9.10. The minimum atomic E-state index is -1.48. The second-order valence-electron chi connectivity index (χ2n) is 14.8. The molecule has 54 heavy (non-hydrogen) atoms. The highest BCUT2D eigenvalue weighted by Gasteiger charge is 2.51. The number of allylic oxidation sites excluding steroid dienone is 1. The number of nitrogens with one attached hydrogen (secondary N) is 3. The summed E-state index contributed by atoms with van der Waals surface area (Å²) < 4.78 is 19.8. The molecule has 1 aromatic rings. The van der Waals surface area contributed by atoms with E-state index >= 15 is 0 Å². The summed E-state index contributed by atoms with van der Waals surface area (Å²) >= 11 is 0. The van der Waals surface area contributed by atoms with Crippen LogP contribution in [0.3, 0.4) is 0 Å². The lowest BCUT2D eigenvalue weighted by atomic mass is 9.92. The van der Waals surface area contributed by atoms with E-state index in [9.17, 15) is 38.0 Å². The Kier molecular flexibility index (Phi) is 13.5. The van der Waals surface area contributed by atoms with Crippen molar-refractivity contribution < 1.29 is 42.7 Å². The van der Waals surface area contributed by atoms with Crippen molar-refractivity contribution in [2.75, 3.05) is 26.7 Å². The van der Waals surface area contributed by atoms with Gasteiger partial charge in [-0.2, -0.15) is 0 Å². The molecule has 1 aliphatic carbocycles. The molecule has 1 saturated carbocycles. The highest BCUT2D eigenvalue weighted by Crippen LogP contribution is 2.37.